The van der Waals surface area contributed by atoms with Crippen LogP contribution in [0.4, 0.5) is 23.5 Å². The summed E-state index contributed by atoms with van der Waals surface area (Å²) in [7, 11) is 0. The number of aromatic amines is 2. The van der Waals surface area contributed by atoms with E-state index in [1.807, 2.05) is 6.92 Å². The second-order valence-electron chi connectivity index (χ2n) is 21.6. The maximum atomic E-state index is 12.2. The molecular weight excluding hydrogens is 1220 g/mol. The molecule has 14 atom stereocenters. The van der Waals surface area contributed by atoms with Gasteiger partial charge in [-0.15, -0.1) is 11.8 Å². The van der Waals surface area contributed by atoms with Gasteiger partial charge in [0.05, 0.1) is 23.9 Å². The van der Waals surface area contributed by atoms with Crippen LogP contribution in [0.25, 0.3) is 22.3 Å². The van der Waals surface area contributed by atoms with Crippen LogP contribution in [0, 0.1) is 43.4 Å². The van der Waals surface area contributed by atoms with Gasteiger partial charge in [0, 0.05) is 146 Å². The summed E-state index contributed by atoms with van der Waals surface area (Å²) >= 11 is 0. The number of fused-ring (bicyclic) bond motifs is 6. The SMILES string of the molecule is CCC1[C@@H]2OCC[C@]1(CC)O[C@H]2n1cc(C)c(N)nc1=O.CCC1[C@@H]2OCC[C@]1(CC)O[C@H]2n1cnc2c(=O)[nH]c(N)nc21.CCC1[CH-][C@H](n2ccc(N)nc2=O)O[C@@H]1CC.CCC1[CH-][C@H](n2cnc3c(=O)[nH]c(N)nc32)O[C@@H]1CC.[Y].[Y]. The second-order valence-corrected chi connectivity index (χ2v) is 21.6. The molecule has 2 radical (unpaired) electrons. The summed E-state index contributed by atoms with van der Waals surface area (Å²) in [4.78, 5) is 76.8. The third-order valence-corrected chi connectivity index (χ3v) is 17.3. The van der Waals surface area contributed by atoms with Crippen molar-refractivity contribution in [2.75, 3.05) is 36.1 Å². The van der Waals surface area contributed by atoms with Crippen LogP contribution in [0.5, 0.6) is 0 Å². The van der Waals surface area contributed by atoms with Crippen LogP contribution in [0.1, 0.15) is 150 Å². The van der Waals surface area contributed by atoms with Gasteiger partial charge in [-0.3, -0.25) is 41.5 Å². The van der Waals surface area contributed by atoms with E-state index in [0.29, 0.717) is 48.2 Å². The number of aromatic nitrogens is 12. The molecule has 0 aliphatic carbocycles. The summed E-state index contributed by atoms with van der Waals surface area (Å²) in [6, 6.07) is 1.61. The number of nitrogen functional groups attached to an aromatic ring is 4. The fourth-order valence-electron chi connectivity index (χ4n) is 13.0. The molecule has 12 rings (SSSR count). The Morgan fingerprint density at radius 2 is 1.06 bits per heavy atom. The molecule has 26 nitrogen and oxygen atoms in total. The summed E-state index contributed by atoms with van der Waals surface area (Å²) in [5.74, 6) is 2.11. The van der Waals surface area contributed by atoms with Crippen molar-refractivity contribution in [3.05, 3.63) is 91.2 Å². The van der Waals surface area contributed by atoms with Gasteiger partial charge in [0.25, 0.3) is 11.1 Å². The first-order chi connectivity index (χ1) is 38.9. The largest absolute Gasteiger partial charge is 0.389 e. The van der Waals surface area contributed by atoms with Crippen molar-refractivity contribution >= 4 is 45.9 Å². The molecule has 83 heavy (non-hydrogen) atoms. The zero-order chi connectivity index (χ0) is 58.1. The standard InChI is InChI=1S/C15H21N5O3.C15H23N3O3.C13H18N5O2.C12H18N3O2.2Y/c1-3-8-10-13(23-15(8,4-2)5-6-22-10)20-7-17-9-11(20)18-14(16)19-12(9)21;1-4-10-11-13(21-15(10,5-2)6-7-20-11)18-8-9(3)12(16)17-14(18)19;1-3-7-5-9(20-8(7)4-2)18-6-15-10-11(18)16-13(14)17-12(10)19;1-3-8-7-11(17-9(8)4-2)15-6-5-10(13)14-12(15)16;;/h7-8,10,13H,3-6H2,1-2H3,(H3,16,18,19,21);8,10-11,13H,4-7H2,1-3H3,(H2,16,17,19);5-9H,3-4H2,1-2H3,(H3,14,16,17,19);5-9,11H,3-4H2,1-2H3,(H2,13,14,16);;/q;;2*-1;;/t8?,10-,13+,15-;10?,11-,13+,15-;7?,8-,9-;8?,9-,11-;;/m0011../s1. The predicted molar refractivity (Wildman–Crippen MR) is 303 cm³/mol. The number of hydrogen-bond acceptors (Lipinski definition) is 20. The molecule has 4 bridgehead atoms. The normalized spacial score (nSPS) is 30.3. The monoisotopic (exact) mass is 1300 g/mol. The van der Waals surface area contributed by atoms with Gasteiger partial charge in [0.1, 0.15) is 23.8 Å². The van der Waals surface area contributed by atoms with Gasteiger partial charge in [-0.1, -0.05) is 68.2 Å². The maximum Gasteiger partial charge on any atom is 0.351 e. The van der Waals surface area contributed by atoms with Crippen molar-refractivity contribution in [1.29, 1.82) is 0 Å². The number of rotatable bonds is 12. The van der Waals surface area contributed by atoms with Crippen LogP contribution in [0.3, 0.4) is 0 Å². The fourth-order valence-corrected chi connectivity index (χ4v) is 13.0. The topological polar surface area (TPSA) is 356 Å². The number of hydrogen-bond donors (Lipinski definition) is 6. The Hall–Kier alpha value is -4.37. The Labute approximate surface area is 531 Å². The first-order valence-corrected chi connectivity index (χ1v) is 28.6. The van der Waals surface area contributed by atoms with Crippen LogP contribution in [-0.2, 0) is 93.8 Å². The second kappa shape index (κ2) is 28.0. The Morgan fingerprint density at radius 3 is 1.49 bits per heavy atom. The summed E-state index contributed by atoms with van der Waals surface area (Å²) in [6.07, 6.45) is 19.2. The molecule has 6 saturated heterocycles. The van der Waals surface area contributed by atoms with E-state index >= 15 is 0 Å². The predicted octanol–water partition coefficient (Wildman–Crippen LogP) is 5.42. The summed E-state index contributed by atoms with van der Waals surface area (Å²) in [6.45, 7) is 20.3. The third-order valence-electron chi connectivity index (χ3n) is 17.3. The van der Waals surface area contributed by atoms with Crippen LogP contribution in [0.15, 0.2) is 50.3 Å². The number of H-pyrrole nitrogens is 2. The van der Waals surface area contributed by atoms with Crippen LogP contribution < -0.4 is 45.4 Å². The average Bonchev–Trinajstić information content (AvgIpc) is 4.33. The fraction of sp³-hybridized carbons (Fsp3) is 0.636. The zero-order valence-corrected chi connectivity index (χ0v) is 54.7. The minimum Gasteiger partial charge on any atom is -0.389 e. The van der Waals surface area contributed by atoms with Crippen molar-refractivity contribution in [2.24, 2.45) is 23.7 Å². The summed E-state index contributed by atoms with van der Waals surface area (Å²) in [5, 5.41) is 0. The minimum absolute atomic E-state index is 0. The Bertz CT molecular complexity index is 3380. The van der Waals surface area contributed by atoms with Crippen molar-refractivity contribution < 1.29 is 93.8 Å². The minimum atomic E-state index is -0.406. The molecule has 10 N–H and O–H groups in total. The Kier molecular flexibility index (Phi) is 22.3. The van der Waals surface area contributed by atoms with E-state index in [4.69, 9.17) is 51.4 Å². The molecule has 448 valence electrons. The third kappa shape index (κ3) is 13.0. The van der Waals surface area contributed by atoms with E-state index in [0.717, 1.165) is 69.8 Å². The van der Waals surface area contributed by atoms with Gasteiger partial charge >= 0.3 is 11.4 Å². The molecule has 0 saturated carbocycles. The van der Waals surface area contributed by atoms with E-state index in [1.54, 1.807) is 44.8 Å². The molecule has 6 aliphatic rings. The Balaban J connectivity index is 0.000000159. The molecule has 6 aromatic rings. The van der Waals surface area contributed by atoms with Crippen molar-refractivity contribution in [3.63, 3.8) is 0 Å². The molecule has 28 heteroatoms. The first kappa shape index (κ1) is 66.2. The average molecular weight is 1300 g/mol. The quantitative estimate of drug-likeness (QED) is 0.0833. The number of anilines is 4. The number of imidazole rings is 2. The number of aryl methyl sites for hydroxylation is 1. The van der Waals surface area contributed by atoms with E-state index in [-0.39, 0.29) is 177 Å². The number of nitrogens with zero attached hydrogens (tertiary/aromatic N) is 10. The van der Waals surface area contributed by atoms with E-state index in [1.165, 1.54) is 4.57 Å². The maximum absolute atomic E-state index is 12.2. The molecule has 0 spiro atoms. The molecule has 6 aromatic heterocycles. The Morgan fingerprint density at radius 1 is 0.602 bits per heavy atom. The summed E-state index contributed by atoms with van der Waals surface area (Å²) < 4.78 is 43.2. The van der Waals surface area contributed by atoms with Crippen molar-refractivity contribution in [2.45, 2.75) is 187 Å². The molecule has 6 aliphatic heterocycles. The van der Waals surface area contributed by atoms with Gasteiger partial charge in [0.15, 0.2) is 34.8 Å². The number of nitrogens with two attached hydrogens (primary N) is 4. The van der Waals surface area contributed by atoms with Crippen LogP contribution in [0.2, 0.25) is 0 Å². The van der Waals surface area contributed by atoms with Crippen molar-refractivity contribution in [3.8, 4) is 0 Å². The van der Waals surface area contributed by atoms with Gasteiger partial charge in [0.2, 0.25) is 11.9 Å². The van der Waals surface area contributed by atoms with Crippen LogP contribution >= 0.6 is 0 Å². The number of ether oxygens (including phenoxy) is 6. The molecular formula is C55H80N16O10Y2-2. The van der Waals surface area contributed by atoms with E-state index in [9.17, 15) is 19.2 Å². The molecule has 0 aromatic carbocycles. The van der Waals surface area contributed by atoms with Gasteiger partial charge in [-0.25, -0.2) is 19.6 Å². The van der Waals surface area contributed by atoms with Gasteiger partial charge in [-0.2, -0.15) is 19.9 Å². The van der Waals surface area contributed by atoms with Crippen molar-refractivity contribution in [1.82, 2.24) is 58.1 Å². The molecule has 6 fully saturated rings. The molecule has 0 amide bonds. The zero-order valence-electron chi connectivity index (χ0n) is 49.0. The van der Waals surface area contributed by atoms with E-state index in [2.05, 4.69) is 108 Å². The number of nitrogens with one attached hydrogen (secondary N) is 2. The molecule has 4 unspecified atom stereocenters. The summed E-state index contributed by atoms with van der Waals surface area (Å²) in [5.41, 5.74) is 22.9. The molecule has 12 heterocycles. The van der Waals surface area contributed by atoms with E-state index < -0.39 is 6.23 Å². The first-order valence-electron chi connectivity index (χ1n) is 28.6. The smallest absolute Gasteiger partial charge is 0.351 e. The van der Waals surface area contributed by atoms with Crippen LogP contribution in [-0.4, -0.2) is 107 Å². The van der Waals surface area contributed by atoms with Gasteiger partial charge in [-0.05, 0) is 51.5 Å². The van der Waals surface area contributed by atoms with Gasteiger partial charge < -0.3 is 60.5 Å².